The minimum atomic E-state index is -0.889. The lowest BCUT2D eigenvalue weighted by Crippen LogP contribution is -2.25. The van der Waals surface area contributed by atoms with Gasteiger partial charge in [0.1, 0.15) is 11.5 Å². The van der Waals surface area contributed by atoms with Gasteiger partial charge in [0.05, 0.1) is 13.0 Å². The Balaban J connectivity index is 1.96. The molecule has 22 heavy (non-hydrogen) atoms. The van der Waals surface area contributed by atoms with Crippen LogP contribution in [0.3, 0.4) is 0 Å². The van der Waals surface area contributed by atoms with Gasteiger partial charge in [-0.15, -0.1) is 0 Å². The molecular weight excluding hydrogens is 280 g/mol. The molecule has 0 bridgehead atoms. The molecule has 0 aliphatic heterocycles. The summed E-state index contributed by atoms with van der Waals surface area (Å²) in [6.45, 7) is 0. The minimum Gasteiger partial charge on any atom is -0.497 e. The second-order valence-corrected chi connectivity index (χ2v) is 6.09. The molecule has 1 atom stereocenters. The first-order chi connectivity index (χ1) is 10.6. The largest absolute Gasteiger partial charge is 0.497 e. The molecule has 1 unspecified atom stereocenters. The molecule has 0 heterocycles. The molecule has 0 saturated heterocycles. The summed E-state index contributed by atoms with van der Waals surface area (Å²) in [5, 5.41) is 9.41. The van der Waals surface area contributed by atoms with E-state index < -0.39 is 11.9 Å². The fourth-order valence-electron chi connectivity index (χ4n) is 3.13. The van der Waals surface area contributed by atoms with Gasteiger partial charge >= 0.3 is 5.97 Å². The normalized spacial score (nSPS) is 17.0. The van der Waals surface area contributed by atoms with Crippen molar-refractivity contribution in [3.05, 3.63) is 29.8 Å². The summed E-state index contributed by atoms with van der Waals surface area (Å²) in [6, 6.07) is 7.36. The summed E-state index contributed by atoms with van der Waals surface area (Å²) in [5.41, 5.74) is 0.921. The molecule has 1 aromatic rings. The topological polar surface area (TPSA) is 63.6 Å². The van der Waals surface area contributed by atoms with Gasteiger partial charge in [0, 0.05) is 12.3 Å². The standard InChI is InChI=1S/C18H24O4/c1-22-16-9-7-13(8-10-16)11-15(18(20)21)12-17(19)14-5-3-2-4-6-14/h7-10,14-15H,2-6,11-12H2,1H3,(H,20,21). The maximum atomic E-state index is 12.3. The van der Waals surface area contributed by atoms with E-state index in [1.165, 1.54) is 6.42 Å². The van der Waals surface area contributed by atoms with Crippen molar-refractivity contribution in [3.8, 4) is 5.75 Å². The third kappa shape index (κ3) is 4.58. The van der Waals surface area contributed by atoms with Crippen molar-refractivity contribution in [3.63, 3.8) is 0 Å². The van der Waals surface area contributed by atoms with Gasteiger partial charge in [-0.2, -0.15) is 0 Å². The van der Waals surface area contributed by atoms with E-state index in [1.54, 1.807) is 7.11 Å². The molecule has 1 N–H and O–H groups in total. The maximum Gasteiger partial charge on any atom is 0.307 e. The first-order valence-electron chi connectivity index (χ1n) is 7.98. The zero-order valence-electron chi connectivity index (χ0n) is 13.1. The molecule has 1 aliphatic carbocycles. The van der Waals surface area contributed by atoms with Gasteiger partial charge in [-0.25, -0.2) is 0 Å². The van der Waals surface area contributed by atoms with Crippen molar-refractivity contribution >= 4 is 11.8 Å². The average Bonchev–Trinajstić information content (AvgIpc) is 2.55. The lowest BCUT2D eigenvalue weighted by molar-refractivity contribution is -0.144. The lowest BCUT2D eigenvalue weighted by Gasteiger charge is -2.22. The molecule has 2 rings (SSSR count). The van der Waals surface area contributed by atoms with Crippen LogP contribution in [0, 0.1) is 11.8 Å². The van der Waals surface area contributed by atoms with E-state index >= 15 is 0 Å². The Kier molecular flexibility index (Phi) is 5.99. The number of carbonyl (C=O) groups excluding carboxylic acids is 1. The highest BCUT2D eigenvalue weighted by Crippen LogP contribution is 2.27. The van der Waals surface area contributed by atoms with Gasteiger partial charge in [-0.3, -0.25) is 9.59 Å². The van der Waals surface area contributed by atoms with Gasteiger partial charge in [0.25, 0.3) is 0 Å². The molecule has 4 nitrogen and oxygen atoms in total. The molecule has 0 amide bonds. The van der Waals surface area contributed by atoms with Gasteiger partial charge in [0.2, 0.25) is 0 Å². The molecule has 1 saturated carbocycles. The monoisotopic (exact) mass is 304 g/mol. The molecule has 0 radical (unpaired) electrons. The number of benzene rings is 1. The van der Waals surface area contributed by atoms with E-state index in [1.807, 2.05) is 24.3 Å². The summed E-state index contributed by atoms with van der Waals surface area (Å²) in [5.74, 6) is -0.580. The van der Waals surface area contributed by atoms with Gasteiger partial charge < -0.3 is 9.84 Å². The SMILES string of the molecule is COc1ccc(CC(CC(=O)C2CCCCC2)C(=O)O)cc1. The quantitative estimate of drug-likeness (QED) is 0.837. The number of carbonyl (C=O) groups is 2. The first-order valence-corrected chi connectivity index (χ1v) is 7.98. The fraction of sp³-hybridized carbons (Fsp3) is 0.556. The Morgan fingerprint density at radius 1 is 1.18 bits per heavy atom. The lowest BCUT2D eigenvalue weighted by atomic mass is 9.82. The van der Waals surface area contributed by atoms with Gasteiger partial charge in [-0.1, -0.05) is 31.4 Å². The zero-order valence-corrected chi connectivity index (χ0v) is 13.1. The van der Waals surface area contributed by atoms with Crippen molar-refractivity contribution < 1.29 is 19.4 Å². The van der Waals surface area contributed by atoms with Crippen molar-refractivity contribution in [1.29, 1.82) is 0 Å². The third-order valence-corrected chi connectivity index (χ3v) is 4.50. The van der Waals surface area contributed by atoms with Gasteiger partial charge in [-0.05, 0) is 37.0 Å². The number of ether oxygens (including phenoxy) is 1. The van der Waals surface area contributed by atoms with Crippen molar-refractivity contribution in [2.75, 3.05) is 7.11 Å². The van der Waals surface area contributed by atoms with E-state index in [-0.39, 0.29) is 18.1 Å². The van der Waals surface area contributed by atoms with E-state index in [0.717, 1.165) is 37.0 Å². The second kappa shape index (κ2) is 7.97. The maximum absolute atomic E-state index is 12.3. The van der Waals surface area contributed by atoms with Crippen molar-refractivity contribution in [2.45, 2.75) is 44.9 Å². The minimum absolute atomic E-state index is 0.0754. The number of carboxylic acids is 1. The van der Waals surface area contributed by atoms with Crippen molar-refractivity contribution in [2.24, 2.45) is 11.8 Å². The highest BCUT2D eigenvalue weighted by atomic mass is 16.5. The number of ketones is 1. The van der Waals surface area contributed by atoms with Gasteiger partial charge in [0.15, 0.2) is 0 Å². The molecule has 1 aliphatic rings. The van der Waals surface area contributed by atoms with E-state index in [0.29, 0.717) is 6.42 Å². The highest BCUT2D eigenvalue weighted by molar-refractivity contribution is 5.85. The molecular formula is C18H24O4. The van der Waals surface area contributed by atoms with Crippen LogP contribution in [0.5, 0.6) is 5.75 Å². The predicted molar refractivity (Wildman–Crippen MR) is 84.0 cm³/mol. The van der Waals surface area contributed by atoms with Crippen LogP contribution in [0.15, 0.2) is 24.3 Å². The number of methoxy groups -OCH3 is 1. The van der Waals surface area contributed by atoms with Crippen LogP contribution in [-0.2, 0) is 16.0 Å². The number of Topliss-reactive ketones (excluding diaryl/α,β-unsaturated/α-hetero) is 1. The van der Waals surface area contributed by atoms with Crippen LogP contribution in [0.4, 0.5) is 0 Å². The molecule has 1 fully saturated rings. The summed E-state index contributed by atoms with van der Waals surface area (Å²) >= 11 is 0. The Morgan fingerprint density at radius 2 is 1.82 bits per heavy atom. The smallest absolute Gasteiger partial charge is 0.307 e. The van der Waals surface area contributed by atoms with E-state index in [4.69, 9.17) is 4.74 Å². The molecule has 1 aromatic carbocycles. The number of carboxylic acid groups (broad SMARTS) is 1. The van der Waals surface area contributed by atoms with Crippen LogP contribution < -0.4 is 4.74 Å². The molecule has 120 valence electrons. The van der Waals surface area contributed by atoms with Crippen LogP contribution in [0.25, 0.3) is 0 Å². The average molecular weight is 304 g/mol. The number of rotatable bonds is 7. The van der Waals surface area contributed by atoms with Crippen molar-refractivity contribution in [1.82, 2.24) is 0 Å². The van der Waals surface area contributed by atoms with Crippen LogP contribution in [0.2, 0.25) is 0 Å². The van der Waals surface area contributed by atoms with Crippen LogP contribution in [-0.4, -0.2) is 24.0 Å². The number of hydrogen-bond donors (Lipinski definition) is 1. The molecule has 4 heteroatoms. The van der Waals surface area contributed by atoms with E-state index in [2.05, 4.69) is 0 Å². The summed E-state index contributed by atoms with van der Waals surface area (Å²) in [7, 11) is 1.60. The number of aliphatic carboxylic acids is 1. The Labute approximate surface area is 131 Å². The molecule has 0 aromatic heterocycles. The Morgan fingerprint density at radius 3 is 2.36 bits per heavy atom. The number of hydrogen-bond acceptors (Lipinski definition) is 3. The van der Waals surface area contributed by atoms with Crippen LogP contribution in [0.1, 0.15) is 44.1 Å². The Hall–Kier alpha value is -1.84. The van der Waals surface area contributed by atoms with E-state index in [9.17, 15) is 14.7 Å². The summed E-state index contributed by atoms with van der Waals surface area (Å²) < 4.78 is 5.10. The predicted octanol–water partition coefficient (Wildman–Crippen LogP) is 3.48. The fourth-order valence-corrected chi connectivity index (χ4v) is 3.13. The second-order valence-electron chi connectivity index (χ2n) is 6.09. The zero-order chi connectivity index (χ0) is 15.9. The first kappa shape index (κ1) is 16.5. The Bertz CT molecular complexity index is 500. The highest BCUT2D eigenvalue weighted by Gasteiger charge is 2.27. The van der Waals surface area contributed by atoms with Crippen LogP contribution >= 0.6 is 0 Å². The third-order valence-electron chi connectivity index (χ3n) is 4.50. The summed E-state index contributed by atoms with van der Waals surface area (Å²) in [4.78, 5) is 23.8. The summed E-state index contributed by atoms with van der Waals surface area (Å²) in [6.07, 6.45) is 5.75. The molecule has 0 spiro atoms.